The number of ketones is 1. The smallest absolute Gasteiger partial charge is 0.191 e. The van der Waals surface area contributed by atoms with E-state index in [1.54, 1.807) is 0 Å². The van der Waals surface area contributed by atoms with Crippen molar-refractivity contribution < 1.29 is 9.53 Å². The van der Waals surface area contributed by atoms with E-state index in [4.69, 9.17) is 4.74 Å². The predicted molar refractivity (Wildman–Crippen MR) is 78.0 cm³/mol. The molecule has 2 nitrogen and oxygen atoms in total. The van der Waals surface area contributed by atoms with E-state index in [1.807, 2.05) is 12.1 Å². The molecule has 1 aliphatic carbocycles. The number of fused-ring (bicyclic) bond motifs is 3. The molecule has 100 valence electrons. The first-order valence-electron chi connectivity index (χ1n) is 7.20. The Labute approximate surface area is 118 Å². The molecule has 0 radical (unpaired) electrons. The normalized spacial score (nSPS) is 19.7. The Bertz CT molecular complexity index is 682. The summed E-state index contributed by atoms with van der Waals surface area (Å²) in [6.07, 6.45) is 2.58. The molecule has 2 aromatic rings. The zero-order valence-corrected chi connectivity index (χ0v) is 11.3. The van der Waals surface area contributed by atoms with Crippen LogP contribution in [0.1, 0.15) is 34.3 Å². The van der Waals surface area contributed by atoms with Crippen molar-refractivity contribution in [2.75, 3.05) is 6.61 Å². The van der Waals surface area contributed by atoms with Crippen molar-refractivity contribution >= 4 is 5.78 Å². The van der Waals surface area contributed by atoms with E-state index < -0.39 is 0 Å². The summed E-state index contributed by atoms with van der Waals surface area (Å²) < 4.78 is 5.51. The molecular formula is C18H16O2. The molecule has 1 unspecified atom stereocenters. The Morgan fingerprint density at radius 1 is 1.05 bits per heavy atom. The second kappa shape index (κ2) is 4.57. The highest BCUT2D eigenvalue weighted by atomic mass is 16.5. The van der Waals surface area contributed by atoms with Crippen molar-refractivity contribution in [3.8, 4) is 11.1 Å². The standard InChI is InChI=1S/C18H16O2/c19-18(17-6-3-9-20-17)14-8-7-13-10-12-4-1-2-5-15(12)16(13)11-14/h1-2,4-5,7-8,11,17H,3,6,9-10H2. The third-order valence-corrected chi connectivity index (χ3v) is 4.30. The van der Waals surface area contributed by atoms with Crippen LogP contribution < -0.4 is 0 Å². The van der Waals surface area contributed by atoms with Crippen LogP contribution in [0.25, 0.3) is 11.1 Å². The van der Waals surface area contributed by atoms with Crippen molar-refractivity contribution in [1.29, 1.82) is 0 Å². The van der Waals surface area contributed by atoms with Gasteiger partial charge in [0.25, 0.3) is 0 Å². The lowest BCUT2D eigenvalue weighted by Gasteiger charge is -2.10. The number of ether oxygens (including phenoxy) is 1. The van der Waals surface area contributed by atoms with Gasteiger partial charge in [-0.3, -0.25) is 4.79 Å². The zero-order chi connectivity index (χ0) is 13.5. The van der Waals surface area contributed by atoms with Gasteiger partial charge in [0.2, 0.25) is 0 Å². The topological polar surface area (TPSA) is 26.3 Å². The first-order valence-corrected chi connectivity index (χ1v) is 7.20. The van der Waals surface area contributed by atoms with Crippen LogP contribution in [-0.2, 0) is 11.2 Å². The molecule has 2 aliphatic rings. The quantitative estimate of drug-likeness (QED) is 0.661. The largest absolute Gasteiger partial charge is 0.370 e. The number of benzene rings is 2. The third-order valence-electron chi connectivity index (χ3n) is 4.30. The van der Waals surface area contributed by atoms with Gasteiger partial charge < -0.3 is 4.74 Å². The molecule has 0 spiro atoms. The Morgan fingerprint density at radius 2 is 1.90 bits per heavy atom. The Morgan fingerprint density at radius 3 is 2.75 bits per heavy atom. The van der Waals surface area contributed by atoms with Crippen molar-refractivity contribution in [1.82, 2.24) is 0 Å². The Balaban J connectivity index is 1.74. The van der Waals surface area contributed by atoms with E-state index in [-0.39, 0.29) is 11.9 Å². The van der Waals surface area contributed by atoms with Crippen LogP contribution in [0, 0.1) is 0 Å². The highest BCUT2D eigenvalue weighted by molar-refractivity contribution is 6.01. The van der Waals surface area contributed by atoms with Gasteiger partial charge in [0, 0.05) is 12.2 Å². The van der Waals surface area contributed by atoms with Crippen LogP contribution in [0.2, 0.25) is 0 Å². The highest BCUT2D eigenvalue weighted by Gasteiger charge is 2.26. The van der Waals surface area contributed by atoms with Crippen molar-refractivity contribution in [3.05, 3.63) is 59.2 Å². The van der Waals surface area contributed by atoms with Gasteiger partial charge >= 0.3 is 0 Å². The average Bonchev–Trinajstić information content (AvgIpc) is 3.13. The van der Waals surface area contributed by atoms with Gasteiger partial charge in [-0.25, -0.2) is 0 Å². The second-order valence-electron chi connectivity index (χ2n) is 5.57. The van der Waals surface area contributed by atoms with Crippen molar-refractivity contribution in [2.45, 2.75) is 25.4 Å². The van der Waals surface area contributed by atoms with E-state index in [0.29, 0.717) is 6.61 Å². The number of Topliss-reactive ketones (excluding diaryl/α,β-unsaturated/α-hetero) is 1. The number of hydrogen-bond acceptors (Lipinski definition) is 2. The molecule has 1 fully saturated rings. The molecule has 0 saturated carbocycles. The number of rotatable bonds is 2. The van der Waals surface area contributed by atoms with Gasteiger partial charge in [-0.1, -0.05) is 36.4 Å². The summed E-state index contributed by atoms with van der Waals surface area (Å²) in [7, 11) is 0. The van der Waals surface area contributed by atoms with Gasteiger partial charge in [0.15, 0.2) is 5.78 Å². The molecule has 0 N–H and O–H groups in total. The Kier molecular flexibility index (Phi) is 2.71. The lowest BCUT2D eigenvalue weighted by atomic mass is 9.98. The van der Waals surface area contributed by atoms with Crippen LogP contribution in [-0.4, -0.2) is 18.5 Å². The van der Waals surface area contributed by atoms with E-state index in [9.17, 15) is 4.79 Å². The average molecular weight is 264 g/mol. The molecule has 1 atom stereocenters. The summed E-state index contributed by atoms with van der Waals surface area (Å²) in [5, 5.41) is 0. The SMILES string of the molecule is O=C(c1ccc2c(c1)-c1ccccc1C2)C1CCCO1. The lowest BCUT2D eigenvalue weighted by Crippen LogP contribution is -2.19. The third kappa shape index (κ3) is 1.80. The number of hydrogen-bond donors (Lipinski definition) is 0. The van der Waals surface area contributed by atoms with Crippen molar-refractivity contribution in [3.63, 3.8) is 0 Å². The van der Waals surface area contributed by atoms with E-state index >= 15 is 0 Å². The van der Waals surface area contributed by atoms with Gasteiger partial charge in [0.05, 0.1) is 0 Å². The molecule has 0 aromatic heterocycles. The summed E-state index contributed by atoms with van der Waals surface area (Å²) >= 11 is 0. The van der Waals surface area contributed by atoms with Crippen LogP contribution in [0.5, 0.6) is 0 Å². The summed E-state index contributed by atoms with van der Waals surface area (Å²) in [6, 6.07) is 14.5. The zero-order valence-electron chi connectivity index (χ0n) is 11.3. The fourth-order valence-electron chi connectivity index (χ4n) is 3.25. The van der Waals surface area contributed by atoms with E-state index in [2.05, 4.69) is 30.3 Å². The number of carbonyl (C=O) groups is 1. The maximum Gasteiger partial charge on any atom is 0.191 e. The minimum atomic E-state index is -0.232. The fourth-order valence-corrected chi connectivity index (χ4v) is 3.25. The molecule has 0 amide bonds. The van der Waals surface area contributed by atoms with Crippen molar-refractivity contribution in [2.24, 2.45) is 0 Å². The first kappa shape index (κ1) is 11.9. The molecule has 2 aromatic carbocycles. The van der Waals surface area contributed by atoms with Gasteiger partial charge in [-0.2, -0.15) is 0 Å². The second-order valence-corrected chi connectivity index (χ2v) is 5.57. The maximum atomic E-state index is 12.4. The van der Waals surface area contributed by atoms with Crippen LogP contribution >= 0.6 is 0 Å². The first-order chi connectivity index (χ1) is 9.83. The molecule has 0 bridgehead atoms. The van der Waals surface area contributed by atoms with E-state index in [1.165, 1.54) is 22.3 Å². The van der Waals surface area contributed by atoms with Gasteiger partial charge in [0.1, 0.15) is 6.10 Å². The predicted octanol–water partition coefficient (Wildman–Crippen LogP) is 3.62. The highest BCUT2D eigenvalue weighted by Crippen LogP contribution is 2.37. The summed E-state index contributed by atoms with van der Waals surface area (Å²) in [4.78, 5) is 12.4. The lowest BCUT2D eigenvalue weighted by molar-refractivity contribution is 0.0643. The molecular weight excluding hydrogens is 248 g/mol. The molecule has 1 heterocycles. The van der Waals surface area contributed by atoms with Gasteiger partial charge in [-0.05, 0) is 47.6 Å². The fraction of sp³-hybridized carbons (Fsp3) is 0.278. The van der Waals surface area contributed by atoms with Crippen LogP contribution in [0.4, 0.5) is 0 Å². The minimum absolute atomic E-state index is 0.134. The van der Waals surface area contributed by atoms with Crippen LogP contribution in [0.3, 0.4) is 0 Å². The molecule has 1 saturated heterocycles. The summed E-state index contributed by atoms with van der Waals surface area (Å²) in [6.45, 7) is 0.712. The molecule has 2 heteroatoms. The Hall–Kier alpha value is -1.93. The van der Waals surface area contributed by atoms with Gasteiger partial charge in [-0.15, -0.1) is 0 Å². The maximum absolute atomic E-state index is 12.4. The summed E-state index contributed by atoms with van der Waals surface area (Å²) in [5.74, 6) is 0.134. The molecule has 1 aliphatic heterocycles. The monoisotopic (exact) mass is 264 g/mol. The molecule has 20 heavy (non-hydrogen) atoms. The summed E-state index contributed by atoms with van der Waals surface area (Å²) in [5.41, 5.74) is 5.93. The minimum Gasteiger partial charge on any atom is -0.370 e. The molecule has 4 rings (SSSR count). The van der Waals surface area contributed by atoms with E-state index in [0.717, 1.165) is 24.8 Å². The van der Waals surface area contributed by atoms with Crippen LogP contribution in [0.15, 0.2) is 42.5 Å². The number of carbonyl (C=O) groups excluding carboxylic acids is 1.